The molecule has 0 unspecified atom stereocenters. The smallest absolute Gasteiger partial charge is 0.145 e. The molecule has 0 fully saturated rings. The summed E-state index contributed by atoms with van der Waals surface area (Å²) in [5.41, 5.74) is 9.79. The summed E-state index contributed by atoms with van der Waals surface area (Å²) in [4.78, 5) is 0. The van der Waals surface area contributed by atoms with Crippen molar-refractivity contribution in [2.75, 3.05) is 5.73 Å². The Balaban J connectivity index is 2.08. The molecule has 4 heteroatoms. The predicted octanol–water partition coefficient (Wildman–Crippen LogP) is 2.63. The number of phenols is 1. The fourth-order valence-electron chi connectivity index (χ4n) is 2.64. The quantitative estimate of drug-likeness (QED) is 0.674. The first-order valence-electron chi connectivity index (χ1n) is 6.40. The maximum absolute atomic E-state index is 10.1. The first-order valence-corrected chi connectivity index (χ1v) is 6.40. The second kappa shape index (κ2) is 4.37. The Morgan fingerprint density at radius 3 is 2.44 bits per heavy atom. The third kappa shape index (κ3) is 1.94. The third-order valence-electron chi connectivity index (χ3n) is 3.60. The largest absolute Gasteiger partial charge is 0.507 e. The van der Waals surface area contributed by atoms with E-state index in [9.17, 15) is 5.11 Å². The highest BCUT2D eigenvalue weighted by atomic mass is 16.3. The van der Waals surface area contributed by atoms with Gasteiger partial charge in [-0.05, 0) is 48.9 Å². The van der Waals surface area contributed by atoms with Crippen molar-refractivity contribution in [3.63, 3.8) is 0 Å². The summed E-state index contributed by atoms with van der Waals surface area (Å²) in [6.07, 6.45) is 5.85. The minimum Gasteiger partial charge on any atom is -0.507 e. The van der Waals surface area contributed by atoms with Crippen LogP contribution in [0, 0.1) is 0 Å². The summed E-state index contributed by atoms with van der Waals surface area (Å²) >= 11 is 0. The molecule has 1 aliphatic rings. The van der Waals surface area contributed by atoms with Crippen LogP contribution in [0.4, 0.5) is 5.82 Å². The van der Waals surface area contributed by atoms with Crippen LogP contribution in [-0.2, 0) is 12.8 Å². The van der Waals surface area contributed by atoms with Crippen molar-refractivity contribution in [3.05, 3.63) is 29.3 Å². The number of anilines is 1. The van der Waals surface area contributed by atoms with Crippen molar-refractivity contribution in [2.45, 2.75) is 32.1 Å². The lowest BCUT2D eigenvalue weighted by Gasteiger charge is -2.10. The number of aromatic nitrogens is 2. The average molecular weight is 243 g/mol. The maximum Gasteiger partial charge on any atom is 0.145 e. The predicted molar refractivity (Wildman–Crippen MR) is 71.4 cm³/mol. The second-order valence-corrected chi connectivity index (χ2v) is 4.91. The van der Waals surface area contributed by atoms with Gasteiger partial charge in [-0.1, -0.05) is 6.42 Å². The van der Waals surface area contributed by atoms with Crippen molar-refractivity contribution in [2.24, 2.45) is 0 Å². The van der Waals surface area contributed by atoms with Gasteiger partial charge in [-0.15, -0.1) is 0 Å². The Kier molecular flexibility index (Phi) is 2.70. The molecule has 4 N–H and O–H groups in total. The molecule has 0 saturated heterocycles. The van der Waals surface area contributed by atoms with Gasteiger partial charge in [0.2, 0.25) is 0 Å². The van der Waals surface area contributed by atoms with Gasteiger partial charge in [0.15, 0.2) is 0 Å². The topological polar surface area (TPSA) is 74.9 Å². The van der Waals surface area contributed by atoms with Gasteiger partial charge in [0, 0.05) is 11.6 Å². The normalized spacial score (nSPS) is 15.1. The highest BCUT2D eigenvalue weighted by molar-refractivity contribution is 5.70. The van der Waals surface area contributed by atoms with Crippen LogP contribution in [0.15, 0.2) is 18.2 Å². The van der Waals surface area contributed by atoms with Crippen LogP contribution in [0.5, 0.6) is 5.75 Å². The van der Waals surface area contributed by atoms with Gasteiger partial charge < -0.3 is 10.8 Å². The molecule has 0 radical (unpaired) electrons. The first kappa shape index (κ1) is 11.1. The number of aryl methyl sites for hydroxylation is 2. The van der Waals surface area contributed by atoms with E-state index in [4.69, 9.17) is 5.73 Å². The lowest BCUT2D eigenvalue weighted by molar-refractivity contribution is 0.476. The van der Waals surface area contributed by atoms with E-state index in [1.807, 2.05) is 6.07 Å². The van der Waals surface area contributed by atoms with E-state index in [0.29, 0.717) is 11.6 Å². The van der Waals surface area contributed by atoms with Gasteiger partial charge in [-0.2, -0.15) is 5.10 Å². The van der Waals surface area contributed by atoms with Crippen molar-refractivity contribution < 1.29 is 5.11 Å². The van der Waals surface area contributed by atoms with Crippen LogP contribution >= 0.6 is 0 Å². The number of benzene rings is 1. The third-order valence-corrected chi connectivity index (χ3v) is 3.60. The Hall–Kier alpha value is -1.97. The van der Waals surface area contributed by atoms with E-state index in [1.54, 1.807) is 6.07 Å². The second-order valence-electron chi connectivity index (χ2n) is 4.91. The Morgan fingerprint density at radius 2 is 1.78 bits per heavy atom. The van der Waals surface area contributed by atoms with E-state index >= 15 is 0 Å². The first-order chi connectivity index (χ1) is 8.74. The fraction of sp³-hybridized carbons (Fsp3) is 0.357. The fourth-order valence-corrected chi connectivity index (χ4v) is 2.64. The molecule has 0 bridgehead atoms. The lowest BCUT2D eigenvalue weighted by atomic mass is 9.98. The average Bonchev–Trinajstić information content (AvgIpc) is 2.65. The number of hydrogen-bond acceptors (Lipinski definition) is 3. The number of aromatic hydroxyl groups is 1. The van der Waals surface area contributed by atoms with E-state index < -0.39 is 0 Å². The van der Waals surface area contributed by atoms with E-state index in [1.165, 1.54) is 30.4 Å². The number of phenolic OH excluding ortho intramolecular Hbond substituents is 1. The van der Waals surface area contributed by atoms with Gasteiger partial charge in [0.1, 0.15) is 11.6 Å². The van der Waals surface area contributed by atoms with Gasteiger partial charge in [-0.25, -0.2) is 0 Å². The van der Waals surface area contributed by atoms with Gasteiger partial charge in [0.25, 0.3) is 0 Å². The van der Waals surface area contributed by atoms with Crippen LogP contribution in [0.25, 0.3) is 11.3 Å². The highest BCUT2D eigenvalue weighted by Crippen LogP contribution is 2.34. The number of nitrogens with one attached hydrogen (secondary N) is 1. The van der Waals surface area contributed by atoms with Crippen LogP contribution < -0.4 is 5.73 Å². The minimum absolute atomic E-state index is 0.305. The monoisotopic (exact) mass is 243 g/mol. The molecule has 0 saturated carbocycles. The van der Waals surface area contributed by atoms with Gasteiger partial charge >= 0.3 is 0 Å². The molecule has 2 aromatic rings. The maximum atomic E-state index is 10.1. The summed E-state index contributed by atoms with van der Waals surface area (Å²) in [5, 5.41) is 16.9. The summed E-state index contributed by atoms with van der Waals surface area (Å²) in [7, 11) is 0. The number of nitrogen functional groups attached to an aromatic ring is 1. The number of hydrogen-bond donors (Lipinski definition) is 3. The molecule has 1 heterocycles. The minimum atomic E-state index is 0.305. The van der Waals surface area contributed by atoms with Crippen molar-refractivity contribution in [1.82, 2.24) is 10.2 Å². The molecule has 1 aromatic heterocycles. The standard InChI is InChI=1S/C14H17N3O/c15-14-8-12(16-17-14)11-6-9-4-2-1-3-5-10(9)7-13(11)18/h6-8,18H,1-5H2,(H3,15,16,17). The van der Waals surface area contributed by atoms with Crippen molar-refractivity contribution in [3.8, 4) is 17.0 Å². The Morgan fingerprint density at radius 1 is 1.06 bits per heavy atom. The molecular formula is C14H17N3O. The summed E-state index contributed by atoms with van der Waals surface area (Å²) in [5.74, 6) is 0.749. The van der Waals surface area contributed by atoms with Crippen LogP contribution in [-0.4, -0.2) is 15.3 Å². The zero-order valence-electron chi connectivity index (χ0n) is 10.2. The van der Waals surface area contributed by atoms with Crippen LogP contribution in [0.3, 0.4) is 0 Å². The molecule has 1 aliphatic carbocycles. The molecule has 18 heavy (non-hydrogen) atoms. The van der Waals surface area contributed by atoms with Crippen molar-refractivity contribution >= 4 is 5.82 Å². The molecule has 0 amide bonds. The molecular weight excluding hydrogens is 226 g/mol. The van der Waals surface area contributed by atoms with Gasteiger partial charge in [-0.3, -0.25) is 5.10 Å². The Bertz CT molecular complexity index is 574. The Labute approximate surface area is 106 Å². The molecule has 1 aromatic carbocycles. The van der Waals surface area contributed by atoms with Gasteiger partial charge in [0.05, 0.1) is 5.69 Å². The number of nitrogens with two attached hydrogens (primary N) is 1. The SMILES string of the molecule is Nc1cc(-c2cc3c(cc2O)CCCCC3)[nH]n1. The van der Waals surface area contributed by atoms with Crippen molar-refractivity contribution in [1.29, 1.82) is 0 Å². The molecule has 3 rings (SSSR count). The molecule has 0 spiro atoms. The summed E-state index contributed by atoms with van der Waals surface area (Å²) in [6.45, 7) is 0. The molecule has 0 aliphatic heterocycles. The van der Waals surface area contributed by atoms with Crippen LogP contribution in [0.2, 0.25) is 0 Å². The number of nitrogens with zero attached hydrogens (tertiary/aromatic N) is 1. The number of rotatable bonds is 1. The molecule has 4 nitrogen and oxygen atoms in total. The number of aromatic amines is 1. The molecule has 0 atom stereocenters. The summed E-state index contributed by atoms with van der Waals surface area (Å²) in [6, 6.07) is 5.72. The zero-order chi connectivity index (χ0) is 12.5. The number of H-pyrrole nitrogens is 1. The number of fused-ring (bicyclic) bond motifs is 1. The zero-order valence-corrected chi connectivity index (χ0v) is 10.2. The van der Waals surface area contributed by atoms with E-state index in [2.05, 4.69) is 16.3 Å². The molecule has 94 valence electrons. The van der Waals surface area contributed by atoms with Crippen LogP contribution in [0.1, 0.15) is 30.4 Å². The highest BCUT2D eigenvalue weighted by Gasteiger charge is 2.14. The lowest BCUT2D eigenvalue weighted by Crippen LogP contribution is -1.93. The summed E-state index contributed by atoms with van der Waals surface area (Å²) < 4.78 is 0. The van der Waals surface area contributed by atoms with E-state index in [0.717, 1.165) is 24.1 Å². The van der Waals surface area contributed by atoms with E-state index in [-0.39, 0.29) is 0 Å².